The number of rotatable bonds is 3. The van der Waals surface area contributed by atoms with Gasteiger partial charge in [-0.25, -0.2) is 8.42 Å². The summed E-state index contributed by atoms with van der Waals surface area (Å²) in [5.74, 6) is -0.302. The monoisotopic (exact) mass is 309 g/mol. The van der Waals surface area contributed by atoms with Crippen LogP contribution in [-0.4, -0.2) is 20.6 Å². The SMILES string of the molecule is Cc1cc(C)cc(C(=O)Nc2sccc2S(C)(=O)=O)c1. The van der Waals surface area contributed by atoms with Crippen molar-refractivity contribution in [3.63, 3.8) is 0 Å². The molecule has 1 amide bonds. The number of carbonyl (C=O) groups is 1. The van der Waals surface area contributed by atoms with Crippen molar-refractivity contribution in [1.29, 1.82) is 0 Å². The van der Waals surface area contributed by atoms with Crippen LogP contribution in [0.1, 0.15) is 21.5 Å². The third-order valence-electron chi connectivity index (χ3n) is 2.74. The number of aryl methyl sites for hydroxylation is 2. The zero-order valence-corrected chi connectivity index (χ0v) is 13.1. The van der Waals surface area contributed by atoms with Crippen molar-refractivity contribution < 1.29 is 13.2 Å². The van der Waals surface area contributed by atoms with Crippen LogP contribution in [0.5, 0.6) is 0 Å². The summed E-state index contributed by atoms with van der Waals surface area (Å²) in [5, 5.41) is 4.67. The molecule has 4 nitrogen and oxygen atoms in total. The van der Waals surface area contributed by atoms with E-state index >= 15 is 0 Å². The van der Waals surface area contributed by atoms with Crippen molar-refractivity contribution in [2.24, 2.45) is 0 Å². The summed E-state index contributed by atoms with van der Waals surface area (Å²) in [6, 6.07) is 7.02. The zero-order chi connectivity index (χ0) is 14.9. The van der Waals surface area contributed by atoms with Gasteiger partial charge in [-0.1, -0.05) is 17.2 Å². The Morgan fingerprint density at radius 2 is 1.75 bits per heavy atom. The summed E-state index contributed by atoms with van der Waals surface area (Å²) in [5.41, 5.74) is 2.50. The smallest absolute Gasteiger partial charge is 0.256 e. The van der Waals surface area contributed by atoms with Crippen LogP contribution in [0.15, 0.2) is 34.5 Å². The molecule has 0 aliphatic carbocycles. The zero-order valence-electron chi connectivity index (χ0n) is 11.4. The molecule has 20 heavy (non-hydrogen) atoms. The molecule has 0 bridgehead atoms. The summed E-state index contributed by atoms with van der Waals surface area (Å²) >= 11 is 1.20. The van der Waals surface area contributed by atoms with Gasteiger partial charge in [0, 0.05) is 11.8 Å². The number of carbonyl (C=O) groups excluding carboxylic acids is 1. The van der Waals surface area contributed by atoms with Crippen LogP contribution in [0.2, 0.25) is 0 Å². The fourth-order valence-corrected chi connectivity index (χ4v) is 4.03. The molecular formula is C14H15NO3S2. The molecule has 2 aromatic rings. The van der Waals surface area contributed by atoms with E-state index < -0.39 is 9.84 Å². The maximum atomic E-state index is 12.2. The second-order valence-corrected chi connectivity index (χ2v) is 7.62. The number of thiophene rings is 1. The predicted molar refractivity (Wildman–Crippen MR) is 81.3 cm³/mol. The Morgan fingerprint density at radius 1 is 1.15 bits per heavy atom. The first kappa shape index (κ1) is 14.7. The van der Waals surface area contributed by atoms with Gasteiger partial charge in [-0.3, -0.25) is 4.79 Å². The average molecular weight is 309 g/mol. The van der Waals surface area contributed by atoms with E-state index in [9.17, 15) is 13.2 Å². The summed E-state index contributed by atoms with van der Waals surface area (Å²) in [7, 11) is -3.34. The maximum Gasteiger partial charge on any atom is 0.256 e. The summed E-state index contributed by atoms with van der Waals surface area (Å²) in [4.78, 5) is 12.3. The van der Waals surface area contributed by atoms with Crippen LogP contribution in [0.4, 0.5) is 5.00 Å². The van der Waals surface area contributed by atoms with E-state index in [1.165, 1.54) is 17.4 Å². The van der Waals surface area contributed by atoms with Crippen molar-refractivity contribution >= 4 is 32.1 Å². The lowest BCUT2D eigenvalue weighted by atomic mass is 10.1. The van der Waals surface area contributed by atoms with Crippen LogP contribution in [-0.2, 0) is 9.84 Å². The first-order valence-electron chi connectivity index (χ1n) is 5.94. The molecule has 0 spiro atoms. The highest BCUT2D eigenvalue weighted by molar-refractivity contribution is 7.91. The quantitative estimate of drug-likeness (QED) is 0.948. The van der Waals surface area contributed by atoms with Crippen LogP contribution in [0, 0.1) is 13.8 Å². The largest absolute Gasteiger partial charge is 0.312 e. The number of hydrogen-bond donors (Lipinski definition) is 1. The molecule has 0 aliphatic heterocycles. The lowest BCUT2D eigenvalue weighted by Gasteiger charge is -2.07. The van der Waals surface area contributed by atoms with E-state index in [0.29, 0.717) is 10.6 Å². The Morgan fingerprint density at radius 3 is 2.30 bits per heavy atom. The number of benzene rings is 1. The maximum absolute atomic E-state index is 12.2. The highest BCUT2D eigenvalue weighted by Crippen LogP contribution is 2.28. The number of nitrogens with one attached hydrogen (secondary N) is 1. The lowest BCUT2D eigenvalue weighted by Crippen LogP contribution is -2.13. The lowest BCUT2D eigenvalue weighted by molar-refractivity contribution is 0.102. The van der Waals surface area contributed by atoms with E-state index in [1.807, 2.05) is 19.9 Å². The molecule has 0 aliphatic rings. The highest BCUT2D eigenvalue weighted by Gasteiger charge is 2.17. The molecule has 0 radical (unpaired) electrons. The van der Waals surface area contributed by atoms with Gasteiger partial charge in [-0.05, 0) is 37.4 Å². The second kappa shape index (κ2) is 5.38. The highest BCUT2D eigenvalue weighted by atomic mass is 32.2. The van der Waals surface area contributed by atoms with Gasteiger partial charge in [0.05, 0.1) is 0 Å². The fourth-order valence-electron chi connectivity index (χ4n) is 1.96. The van der Waals surface area contributed by atoms with Crippen molar-refractivity contribution in [3.8, 4) is 0 Å². The number of anilines is 1. The van der Waals surface area contributed by atoms with Gasteiger partial charge in [0.15, 0.2) is 9.84 Å². The first-order chi connectivity index (χ1) is 9.27. The Bertz CT molecular complexity index is 740. The standard InChI is InChI=1S/C14H15NO3S2/c1-9-6-10(2)8-11(7-9)13(16)15-14-12(4-5-19-14)20(3,17)18/h4-8H,1-3H3,(H,15,16). The summed E-state index contributed by atoms with van der Waals surface area (Å²) in [6.07, 6.45) is 1.13. The van der Waals surface area contributed by atoms with Gasteiger partial charge >= 0.3 is 0 Å². The van der Waals surface area contributed by atoms with Crippen LogP contribution in [0.25, 0.3) is 0 Å². The molecule has 0 saturated carbocycles. The van der Waals surface area contributed by atoms with Crippen molar-refractivity contribution in [2.45, 2.75) is 18.7 Å². The van der Waals surface area contributed by atoms with E-state index in [-0.39, 0.29) is 10.8 Å². The molecule has 1 N–H and O–H groups in total. The molecule has 2 rings (SSSR count). The molecule has 1 aromatic heterocycles. The van der Waals surface area contributed by atoms with Crippen molar-refractivity contribution in [3.05, 3.63) is 46.3 Å². The van der Waals surface area contributed by atoms with E-state index in [2.05, 4.69) is 5.32 Å². The molecule has 0 fully saturated rings. The third-order valence-corrected chi connectivity index (χ3v) is 4.84. The van der Waals surface area contributed by atoms with Gasteiger partial charge in [-0.15, -0.1) is 11.3 Å². The number of hydrogen-bond acceptors (Lipinski definition) is 4. The first-order valence-corrected chi connectivity index (χ1v) is 8.71. The van der Waals surface area contributed by atoms with Gasteiger partial charge in [-0.2, -0.15) is 0 Å². The van der Waals surface area contributed by atoms with E-state index in [4.69, 9.17) is 0 Å². The normalized spacial score (nSPS) is 11.3. The molecule has 0 saturated heterocycles. The Kier molecular flexibility index (Phi) is 3.96. The molecule has 1 heterocycles. The van der Waals surface area contributed by atoms with Crippen LogP contribution >= 0.6 is 11.3 Å². The minimum atomic E-state index is -3.34. The third kappa shape index (κ3) is 3.26. The van der Waals surface area contributed by atoms with Crippen molar-refractivity contribution in [2.75, 3.05) is 11.6 Å². The van der Waals surface area contributed by atoms with Gasteiger partial charge in [0.25, 0.3) is 5.91 Å². The van der Waals surface area contributed by atoms with E-state index in [1.54, 1.807) is 17.5 Å². The Labute approximate surface area is 122 Å². The number of sulfone groups is 1. The molecule has 0 atom stereocenters. The van der Waals surface area contributed by atoms with Gasteiger partial charge < -0.3 is 5.32 Å². The topological polar surface area (TPSA) is 63.2 Å². The van der Waals surface area contributed by atoms with Gasteiger partial charge in [0.2, 0.25) is 0 Å². The summed E-state index contributed by atoms with van der Waals surface area (Å²) in [6.45, 7) is 3.83. The average Bonchev–Trinajstić information content (AvgIpc) is 2.75. The predicted octanol–water partition coefficient (Wildman–Crippen LogP) is 3.02. The Balaban J connectivity index is 2.31. The molecule has 6 heteroatoms. The summed E-state index contributed by atoms with van der Waals surface area (Å²) < 4.78 is 23.2. The minimum Gasteiger partial charge on any atom is -0.312 e. The number of amides is 1. The Hall–Kier alpha value is -1.66. The molecular weight excluding hydrogens is 294 g/mol. The fraction of sp³-hybridized carbons (Fsp3) is 0.214. The minimum absolute atomic E-state index is 0.153. The molecule has 106 valence electrons. The molecule has 0 unspecified atom stereocenters. The molecule has 1 aromatic carbocycles. The van der Waals surface area contributed by atoms with Crippen molar-refractivity contribution in [1.82, 2.24) is 0 Å². The second-order valence-electron chi connectivity index (χ2n) is 4.72. The van der Waals surface area contributed by atoms with E-state index in [0.717, 1.165) is 17.4 Å². The van der Waals surface area contributed by atoms with Crippen LogP contribution < -0.4 is 5.32 Å². The van der Waals surface area contributed by atoms with Crippen LogP contribution in [0.3, 0.4) is 0 Å². The van der Waals surface area contributed by atoms with Gasteiger partial charge in [0.1, 0.15) is 9.90 Å².